The Labute approximate surface area is 143 Å². The Kier molecular flexibility index (Phi) is 4.00. The Hall–Kier alpha value is -2.67. The van der Waals surface area contributed by atoms with Gasteiger partial charge in [0.1, 0.15) is 10.7 Å². The first-order valence-electron chi connectivity index (χ1n) is 7.76. The van der Waals surface area contributed by atoms with Crippen LogP contribution < -0.4 is 4.90 Å². The lowest BCUT2D eigenvalue weighted by molar-refractivity contribution is 0.0980. The number of aromatic nitrogens is 4. The summed E-state index contributed by atoms with van der Waals surface area (Å²) in [5, 5.41) is 2.57. The molecule has 0 bridgehead atoms. The largest absolute Gasteiger partial charge is 0.280 e. The van der Waals surface area contributed by atoms with Crippen molar-refractivity contribution in [2.45, 2.75) is 12.8 Å². The molecule has 0 aromatic carbocycles. The van der Waals surface area contributed by atoms with Crippen LogP contribution in [0.1, 0.15) is 23.3 Å². The molecule has 120 valence electrons. The van der Waals surface area contributed by atoms with Crippen LogP contribution in [0, 0.1) is 5.92 Å². The molecular weight excluding hydrogens is 322 g/mol. The van der Waals surface area contributed by atoms with E-state index in [1.54, 1.807) is 41.1 Å². The first-order valence-corrected chi connectivity index (χ1v) is 8.64. The molecular formula is C17H15N5OS. The third kappa shape index (κ3) is 3.16. The van der Waals surface area contributed by atoms with E-state index >= 15 is 0 Å². The molecule has 0 radical (unpaired) electrons. The molecule has 0 N–H and O–H groups in total. The molecule has 0 saturated heterocycles. The summed E-state index contributed by atoms with van der Waals surface area (Å²) in [5.74, 6) is 0.819. The number of carbonyl (C=O) groups is 1. The molecule has 0 spiro atoms. The number of rotatable bonds is 5. The SMILES string of the molecule is O=C(c1csc(-c2cccnc2)n1)N(CC1CC1)c1ncccn1. The Morgan fingerprint density at radius 1 is 1.21 bits per heavy atom. The molecule has 6 nitrogen and oxygen atoms in total. The zero-order chi connectivity index (χ0) is 16.4. The van der Waals surface area contributed by atoms with Crippen molar-refractivity contribution < 1.29 is 4.79 Å². The van der Waals surface area contributed by atoms with E-state index in [0.717, 1.165) is 23.4 Å². The van der Waals surface area contributed by atoms with E-state index in [1.807, 2.05) is 12.1 Å². The highest BCUT2D eigenvalue weighted by Crippen LogP contribution is 2.31. The second kappa shape index (κ2) is 6.45. The van der Waals surface area contributed by atoms with E-state index in [9.17, 15) is 4.79 Å². The lowest BCUT2D eigenvalue weighted by Gasteiger charge is -2.19. The van der Waals surface area contributed by atoms with Crippen LogP contribution in [0.15, 0.2) is 48.4 Å². The molecule has 1 aliphatic carbocycles. The molecule has 3 aromatic heterocycles. The van der Waals surface area contributed by atoms with Crippen LogP contribution in [0.25, 0.3) is 10.6 Å². The first kappa shape index (κ1) is 14.9. The maximum Gasteiger partial charge on any atom is 0.280 e. The molecule has 1 saturated carbocycles. The molecule has 1 fully saturated rings. The quantitative estimate of drug-likeness (QED) is 0.715. The molecule has 1 aliphatic rings. The summed E-state index contributed by atoms with van der Waals surface area (Å²) < 4.78 is 0. The van der Waals surface area contributed by atoms with Crippen molar-refractivity contribution in [1.29, 1.82) is 0 Å². The fraction of sp³-hybridized carbons (Fsp3) is 0.235. The van der Waals surface area contributed by atoms with Gasteiger partial charge in [-0.25, -0.2) is 15.0 Å². The second-order valence-electron chi connectivity index (χ2n) is 5.69. The van der Waals surface area contributed by atoms with Crippen LogP contribution >= 0.6 is 11.3 Å². The molecule has 0 unspecified atom stereocenters. The average Bonchev–Trinajstić information content (AvgIpc) is 3.33. The summed E-state index contributed by atoms with van der Waals surface area (Å²) in [5.41, 5.74) is 1.33. The minimum absolute atomic E-state index is 0.153. The van der Waals surface area contributed by atoms with Crippen molar-refractivity contribution in [3.05, 3.63) is 54.1 Å². The number of hydrogen-bond acceptors (Lipinski definition) is 6. The predicted octanol–water partition coefficient (Wildman–Crippen LogP) is 3.05. The summed E-state index contributed by atoms with van der Waals surface area (Å²) in [6, 6.07) is 5.53. The van der Waals surface area contributed by atoms with Gasteiger partial charge in [-0.2, -0.15) is 0 Å². The summed E-state index contributed by atoms with van der Waals surface area (Å²) in [6.45, 7) is 0.641. The Morgan fingerprint density at radius 2 is 2.04 bits per heavy atom. The number of amides is 1. The van der Waals surface area contributed by atoms with Gasteiger partial charge < -0.3 is 0 Å². The van der Waals surface area contributed by atoms with Gasteiger partial charge in [-0.3, -0.25) is 14.7 Å². The van der Waals surface area contributed by atoms with Gasteiger partial charge in [0.25, 0.3) is 5.91 Å². The maximum atomic E-state index is 12.9. The fourth-order valence-electron chi connectivity index (χ4n) is 2.38. The lowest BCUT2D eigenvalue weighted by atomic mass is 10.3. The number of nitrogens with zero attached hydrogens (tertiary/aromatic N) is 5. The highest BCUT2D eigenvalue weighted by Gasteiger charge is 2.30. The maximum absolute atomic E-state index is 12.9. The third-order valence-corrected chi connectivity index (χ3v) is 4.70. The Morgan fingerprint density at radius 3 is 2.75 bits per heavy atom. The smallest absolute Gasteiger partial charge is 0.275 e. The lowest BCUT2D eigenvalue weighted by Crippen LogP contribution is -2.34. The molecule has 3 aromatic rings. The molecule has 0 atom stereocenters. The van der Waals surface area contributed by atoms with Gasteiger partial charge in [0.05, 0.1) is 0 Å². The van der Waals surface area contributed by atoms with Gasteiger partial charge in [-0.05, 0) is 37.0 Å². The minimum Gasteiger partial charge on any atom is -0.275 e. The van der Waals surface area contributed by atoms with Gasteiger partial charge in [-0.15, -0.1) is 11.3 Å². The molecule has 24 heavy (non-hydrogen) atoms. The summed E-state index contributed by atoms with van der Waals surface area (Å²) >= 11 is 1.44. The monoisotopic (exact) mass is 337 g/mol. The minimum atomic E-state index is -0.153. The number of hydrogen-bond donors (Lipinski definition) is 0. The Balaban J connectivity index is 1.62. The van der Waals surface area contributed by atoms with E-state index in [0.29, 0.717) is 24.1 Å². The third-order valence-electron chi connectivity index (χ3n) is 3.81. The van der Waals surface area contributed by atoms with Crippen LogP contribution in [-0.2, 0) is 0 Å². The molecule has 0 aliphatic heterocycles. The van der Waals surface area contributed by atoms with Crippen LogP contribution in [0.2, 0.25) is 0 Å². The van der Waals surface area contributed by atoms with Crippen molar-refractivity contribution >= 4 is 23.2 Å². The van der Waals surface area contributed by atoms with Crippen molar-refractivity contribution in [3.63, 3.8) is 0 Å². The molecule has 1 amide bonds. The Bertz CT molecular complexity index is 832. The zero-order valence-electron chi connectivity index (χ0n) is 12.9. The summed E-state index contributed by atoms with van der Waals surface area (Å²) in [6.07, 6.45) is 9.06. The normalized spacial score (nSPS) is 13.7. The highest BCUT2D eigenvalue weighted by molar-refractivity contribution is 7.13. The zero-order valence-corrected chi connectivity index (χ0v) is 13.7. The van der Waals surface area contributed by atoms with Gasteiger partial charge in [0.15, 0.2) is 0 Å². The predicted molar refractivity (Wildman–Crippen MR) is 91.8 cm³/mol. The van der Waals surface area contributed by atoms with Gasteiger partial charge >= 0.3 is 0 Å². The average molecular weight is 337 g/mol. The number of anilines is 1. The van der Waals surface area contributed by atoms with E-state index in [2.05, 4.69) is 19.9 Å². The van der Waals surface area contributed by atoms with Crippen LogP contribution in [0.3, 0.4) is 0 Å². The fourth-order valence-corrected chi connectivity index (χ4v) is 3.16. The van der Waals surface area contributed by atoms with E-state index in [1.165, 1.54) is 11.3 Å². The number of pyridine rings is 1. The molecule has 4 rings (SSSR count). The van der Waals surface area contributed by atoms with Crippen LogP contribution in [0.4, 0.5) is 5.95 Å². The van der Waals surface area contributed by atoms with Gasteiger partial charge in [0.2, 0.25) is 5.95 Å². The van der Waals surface area contributed by atoms with E-state index < -0.39 is 0 Å². The van der Waals surface area contributed by atoms with Gasteiger partial charge in [-0.1, -0.05) is 0 Å². The van der Waals surface area contributed by atoms with Crippen molar-refractivity contribution in [1.82, 2.24) is 19.9 Å². The van der Waals surface area contributed by atoms with Crippen LogP contribution in [-0.4, -0.2) is 32.4 Å². The summed E-state index contributed by atoms with van der Waals surface area (Å²) in [4.78, 5) is 31.6. The van der Waals surface area contributed by atoms with Crippen molar-refractivity contribution in [2.75, 3.05) is 11.4 Å². The summed E-state index contributed by atoms with van der Waals surface area (Å²) in [7, 11) is 0. The number of carbonyl (C=O) groups excluding carboxylic acids is 1. The first-order chi connectivity index (χ1) is 11.8. The highest BCUT2D eigenvalue weighted by atomic mass is 32.1. The van der Waals surface area contributed by atoms with Crippen molar-refractivity contribution in [3.8, 4) is 10.6 Å². The van der Waals surface area contributed by atoms with Crippen LogP contribution in [0.5, 0.6) is 0 Å². The standard InChI is InChI=1S/C17H15N5OS/c23-16(14-11-24-15(21-14)13-3-1-6-18-9-13)22(10-12-4-5-12)17-19-7-2-8-20-17/h1-3,6-9,11-12H,4-5,10H2. The second-order valence-corrected chi connectivity index (χ2v) is 6.55. The molecule has 7 heteroatoms. The van der Waals surface area contributed by atoms with Crippen molar-refractivity contribution in [2.24, 2.45) is 5.92 Å². The topological polar surface area (TPSA) is 71.9 Å². The number of thiazole rings is 1. The molecule has 3 heterocycles. The van der Waals surface area contributed by atoms with E-state index in [-0.39, 0.29) is 5.91 Å². The van der Waals surface area contributed by atoms with E-state index in [4.69, 9.17) is 0 Å². The van der Waals surface area contributed by atoms with Gasteiger partial charge in [0, 0.05) is 42.3 Å².